The normalized spacial score (nSPS) is 11.7. The van der Waals surface area contributed by atoms with Gasteiger partial charge in [0.1, 0.15) is 5.67 Å². The molecule has 0 fully saturated rings. The maximum Gasteiger partial charge on any atom is 0.109 e. The summed E-state index contributed by atoms with van der Waals surface area (Å²) in [6.07, 6.45) is 0.477. The van der Waals surface area contributed by atoms with Crippen LogP contribution in [-0.2, 0) is 13.0 Å². The van der Waals surface area contributed by atoms with Crippen molar-refractivity contribution in [2.45, 2.75) is 32.5 Å². The molecular weight excluding hydrogens is 177 g/mol. The predicted octanol–water partition coefficient (Wildman–Crippen LogP) is 2.70. The lowest BCUT2D eigenvalue weighted by atomic mass is 9.96. The van der Waals surface area contributed by atoms with Gasteiger partial charge in [-0.25, -0.2) is 4.39 Å². The van der Waals surface area contributed by atoms with E-state index in [0.29, 0.717) is 6.42 Å². The number of hydrogen-bond acceptors (Lipinski definition) is 1. The molecule has 0 aliphatic rings. The number of halogens is 1. The summed E-state index contributed by atoms with van der Waals surface area (Å²) in [7, 11) is 1.90. The van der Waals surface area contributed by atoms with Crippen molar-refractivity contribution in [3.05, 3.63) is 35.4 Å². The molecule has 1 N–H and O–H groups in total. The van der Waals surface area contributed by atoms with Crippen molar-refractivity contribution in [2.75, 3.05) is 7.05 Å². The van der Waals surface area contributed by atoms with E-state index < -0.39 is 5.67 Å². The fourth-order valence-electron chi connectivity index (χ4n) is 1.55. The van der Waals surface area contributed by atoms with E-state index in [2.05, 4.69) is 5.32 Å². The lowest BCUT2D eigenvalue weighted by molar-refractivity contribution is 0.216. The molecule has 0 saturated carbocycles. The number of nitrogens with one attached hydrogen (secondary N) is 1. The first-order valence-corrected chi connectivity index (χ1v) is 4.93. The molecule has 0 radical (unpaired) electrons. The van der Waals surface area contributed by atoms with Crippen LogP contribution in [0.25, 0.3) is 0 Å². The standard InChI is InChI=1S/C12H18FN/c1-12(2,13)8-10-6-4-5-7-11(10)9-14-3/h4-7,14H,8-9H2,1-3H3. The van der Waals surface area contributed by atoms with E-state index in [1.165, 1.54) is 5.56 Å². The van der Waals surface area contributed by atoms with Crippen LogP contribution in [0.2, 0.25) is 0 Å². The highest BCUT2D eigenvalue weighted by atomic mass is 19.1. The number of rotatable bonds is 4. The molecule has 0 atom stereocenters. The molecule has 1 rings (SSSR count). The highest BCUT2D eigenvalue weighted by Crippen LogP contribution is 2.19. The Bertz CT molecular complexity index is 289. The van der Waals surface area contributed by atoms with E-state index in [-0.39, 0.29) is 0 Å². The zero-order valence-corrected chi connectivity index (χ0v) is 9.10. The van der Waals surface area contributed by atoms with E-state index in [9.17, 15) is 4.39 Å². The van der Waals surface area contributed by atoms with Gasteiger partial charge in [-0.2, -0.15) is 0 Å². The second-order valence-electron chi connectivity index (χ2n) is 4.19. The Morgan fingerprint density at radius 2 is 1.79 bits per heavy atom. The number of hydrogen-bond donors (Lipinski definition) is 1. The fraction of sp³-hybridized carbons (Fsp3) is 0.500. The van der Waals surface area contributed by atoms with Gasteiger partial charge in [0.2, 0.25) is 0 Å². The van der Waals surface area contributed by atoms with Crippen molar-refractivity contribution in [3.8, 4) is 0 Å². The first kappa shape index (κ1) is 11.2. The third-order valence-corrected chi connectivity index (χ3v) is 2.10. The molecule has 0 bridgehead atoms. The molecule has 0 heterocycles. The average Bonchev–Trinajstić information content (AvgIpc) is 2.06. The molecule has 0 aliphatic heterocycles. The molecule has 0 aliphatic carbocycles. The minimum Gasteiger partial charge on any atom is -0.316 e. The summed E-state index contributed by atoms with van der Waals surface area (Å²) in [4.78, 5) is 0. The van der Waals surface area contributed by atoms with Gasteiger partial charge in [0.15, 0.2) is 0 Å². The topological polar surface area (TPSA) is 12.0 Å². The van der Waals surface area contributed by atoms with Crippen LogP contribution in [-0.4, -0.2) is 12.7 Å². The Balaban J connectivity index is 2.84. The van der Waals surface area contributed by atoms with Crippen molar-refractivity contribution in [1.82, 2.24) is 5.32 Å². The summed E-state index contributed by atoms with van der Waals surface area (Å²) in [5, 5.41) is 3.09. The molecule has 1 aromatic rings. The SMILES string of the molecule is CNCc1ccccc1CC(C)(C)F. The van der Waals surface area contributed by atoms with Gasteiger partial charge in [-0.15, -0.1) is 0 Å². The van der Waals surface area contributed by atoms with E-state index in [1.807, 2.05) is 31.3 Å². The van der Waals surface area contributed by atoms with Crippen LogP contribution in [0.3, 0.4) is 0 Å². The summed E-state index contributed by atoms with van der Waals surface area (Å²) in [5.41, 5.74) is 1.14. The molecule has 14 heavy (non-hydrogen) atoms. The molecule has 0 amide bonds. The largest absolute Gasteiger partial charge is 0.316 e. The van der Waals surface area contributed by atoms with Gasteiger partial charge in [0, 0.05) is 13.0 Å². The van der Waals surface area contributed by atoms with Crippen LogP contribution < -0.4 is 5.32 Å². The zero-order valence-electron chi connectivity index (χ0n) is 9.10. The van der Waals surface area contributed by atoms with E-state index in [4.69, 9.17) is 0 Å². The first-order valence-electron chi connectivity index (χ1n) is 4.93. The number of alkyl halides is 1. The zero-order chi connectivity index (χ0) is 10.6. The van der Waals surface area contributed by atoms with E-state index >= 15 is 0 Å². The summed E-state index contributed by atoms with van der Waals surface area (Å²) < 4.78 is 13.5. The molecule has 1 aromatic carbocycles. The molecule has 78 valence electrons. The van der Waals surface area contributed by atoms with Crippen molar-refractivity contribution in [1.29, 1.82) is 0 Å². The highest BCUT2D eigenvalue weighted by Gasteiger charge is 2.17. The Kier molecular flexibility index (Phi) is 3.64. The third kappa shape index (κ3) is 3.46. The second-order valence-corrected chi connectivity index (χ2v) is 4.19. The van der Waals surface area contributed by atoms with Crippen LogP contribution in [0.5, 0.6) is 0 Å². The van der Waals surface area contributed by atoms with Gasteiger partial charge in [-0.05, 0) is 32.0 Å². The summed E-state index contributed by atoms with van der Waals surface area (Å²) in [5.74, 6) is 0. The maximum absolute atomic E-state index is 13.5. The highest BCUT2D eigenvalue weighted by molar-refractivity contribution is 5.28. The number of benzene rings is 1. The quantitative estimate of drug-likeness (QED) is 0.779. The second kappa shape index (κ2) is 4.56. The maximum atomic E-state index is 13.5. The molecule has 0 unspecified atom stereocenters. The average molecular weight is 195 g/mol. The molecule has 0 spiro atoms. The van der Waals surface area contributed by atoms with Gasteiger partial charge in [0.25, 0.3) is 0 Å². The first-order chi connectivity index (χ1) is 6.53. The monoisotopic (exact) mass is 195 g/mol. The summed E-state index contributed by atoms with van der Waals surface area (Å²) in [6, 6.07) is 7.98. The fourth-order valence-corrected chi connectivity index (χ4v) is 1.55. The van der Waals surface area contributed by atoms with Crippen LogP contribution in [0.1, 0.15) is 25.0 Å². The Morgan fingerprint density at radius 3 is 2.29 bits per heavy atom. The van der Waals surface area contributed by atoms with Crippen molar-refractivity contribution >= 4 is 0 Å². The lowest BCUT2D eigenvalue weighted by Crippen LogP contribution is -2.18. The van der Waals surface area contributed by atoms with Crippen LogP contribution in [0, 0.1) is 0 Å². The Hall–Kier alpha value is -0.890. The predicted molar refractivity (Wildman–Crippen MR) is 58.1 cm³/mol. The van der Waals surface area contributed by atoms with Gasteiger partial charge in [-0.1, -0.05) is 24.3 Å². The summed E-state index contributed by atoms with van der Waals surface area (Å²) >= 11 is 0. The Labute approximate surface area is 85.3 Å². The minimum absolute atomic E-state index is 0.477. The van der Waals surface area contributed by atoms with Crippen molar-refractivity contribution in [3.63, 3.8) is 0 Å². The van der Waals surface area contributed by atoms with Gasteiger partial charge >= 0.3 is 0 Å². The molecule has 0 aromatic heterocycles. The molecule has 1 nitrogen and oxygen atoms in total. The molecular formula is C12H18FN. The lowest BCUT2D eigenvalue weighted by Gasteiger charge is -2.16. The summed E-state index contributed by atoms with van der Waals surface area (Å²) in [6.45, 7) is 4.03. The van der Waals surface area contributed by atoms with Gasteiger partial charge < -0.3 is 5.32 Å². The van der Waals surface area contributed by atoms with E-state index in [1.54, 1.807) is 13.8 Å². The van der Waals surface area contributed by atoms with Crippen molar-refractivity contribution in [2.24, 2.45) is 0 Å². The van der Waals surface area contributed by atoms with E-state index in [0.717, 1.165) is 12.1 Å². The van der Waals surface area contributed by atoms with Gasteiger partial charge in [-0.3, -0.25) is 0 Å². The van der Waals surface area contributed by atoms with Crippen LogP contribution in [0.15, 0.2) is 24.3 Å². The molecule has 2 heteroatoms. The minimum atomic E-state index is -1.14. The third-order valence-electron chi connectivity index (χ3n) is 2.10. The van der Waals surface area contributed by atoms with Crippen molar-refractivity contribution < 1.29 is 4.39 Å². The smallest absolute Gasteiger partial charge is 0.109 e. The Morgan fingerprint density at radius 1 is 1.21 bits per heavy atom. The molecule has 0 saturated heterocycles. The van der Waals surface area contributed by atoms with Crippen LogP contribution in [0.4, 0.5) is 4.39 Å². The van der Waals surface area contributed by atoms with Gasteiger partial charge in [0.05, 0.1) is 0 Å². The van der Waals surface area contributed by atoms with Crippen LogP contribution >= 0.6 is 0 Å².